The van der Waals surface area contributed by atoms with Crippen molar-refractivity contribution in [2.24, 2.45) is 5.41 Å². The molecule has 1 fully saturated rings. The summed E-state index contributed by atoms with van der Waals surface area (Å²) in [6.07, 6.45) is 7.24. The van der Waals surface area contributed by atoms with Crippen molar-refractivity contribution in [1.82, 2.24) is 0 Å². The zero-order chi connectivity index (χ0) is 19.4. The van der Waals surface area contributed by atoms with Gasteiger partial charge >= 0.3 is 5.97 Å². The summed E-state index contributed by atoms with van der Waals surface area (Å²) in [5.74, 6) is -0.683. The van der Waals surface area contributed by atoms with Gasteiger partial charge in [-0.15, -0.1) is 0 Å². The summed E-state index contributed by atoms with van der Waals surface area (Å²) in [6, 6.07) is 15.4. The predicted molar refractivity (Wildman–Crippen MR) is 109 cm³/mol. The van der Waals surface area contributed by atoms with Crippen LogP contribution in [0.15, 0.2) is 60.2 Å². The Kier molecular flexibility index (Phi) is 5.50. The van der Waals surface area contributed by atoms with Gasteiger partial charge in [0.05, 0.1) is 0 Å². The van der Waals surface area contributed by atoms with E-state index in [1.165, 1.54) is 24.0 Å². The van der Waals surface area contributed by atoms with E-state index >= 15 is 0 Å². The van der Waals surface area contributed by atoms with E-state index < -0.39 is 5.97 Å². The number of phenols is 1. The Balaban J connectivity index is 2.00. The molecule has 0 aliphatic heterocycles. The minimum Gasteiger partial charge on any atom is -0.508 e. The third kappa shape index (κ3) is 4.88. The number of phenolic OH excluding ortho intramolecular Hbond substituents is 1. The fourth-order valence-electron chi connectivity index (χ4n) is 3.61. The Morgan fingerprint density at radius 3 is 1.96 bits per heavy atom. The molecule has 1 aliphatic carbocycles. The minimum atomic E-state index is -0.948. The zero-order valence-corrected chi connectivity index (χ0v) is 15.9. The Bertz CT molecular complexity index is 857. The number of hydrogen-bond donors (Lipinski definition) is 2. The zero-order valence-electron chi connectivity index (χ0n) is 15.9. The number of benzene rings is 2. The Morgan fingerprint density at radius 2 is 1.44 bits per heavy atom. The SMILES string of the molecule is CC1(C)CCC(=C(c2ccc(O)cc2)c2ccc(/C=C/C(=O)O)cc2)CC1. The van der Waals surface area contributed by atoms with Crippen LogP contribution >= 0.6 is 0 Å². The van der Waals surface area contributed by atoms with Crippen molar-refractivity contribution >= 4 is 17.6 Å². The van der Waals surface area contributed by atoms with Gasteiger partial charge in [-0.1, -0.05) is 55.8 Å². The Labute approximate surface area is 160 Å². The smallest absolute Gasteiger partial charge is 0.328 e. The monoisotopic (exact) mass is 362 g/mol. The van der Waals surface area contributed by atoms with Crippen molar-refractivity contribution in [1.29, 1.82) is 0 Å². The maximum absolute atomic E-state index is 10.7. The standard InChI is InChI=1S/C24H26O3/c1-24(2)15-13-20(14-16-24)23(19-8-10-21(25)11-9-19)18-6-3-17(4-7-18)5-12-22(26)27/h3-12,25H,13-16H2,1-2H3,(H,26,27)/b12-5+. The molecular weight excluding hydrogens is 336 g/mol. The van der Waals surface area contributed by atoms with Crippen molar-refractivity contribution in [2.45, 2.75) is 39.5 Å². The first-order chi connectivity index (χ1) is 12.8. The fourth-order valence-corrected chi connectivity index (χ4v) is 3.61. The van der Waals surface area contributed by atoms with Crippen LogP contribution in [0, 0.1) is 5.41 Å². The van der Waals surface area contributed by atoms with Gasteiger partial charge in [0.15, 0.2) is 0 Å². The third-order valence-corrected chi connectivity index (χ3v) is 5.33. The Hall–Kier alpha value is -2.81. The molecule has 2 aromatic carbocycles. The molecule has 0 amide bonds. The van der Waals surface area contributed by atoms with Crippen LogP contribution < -0.4 is 0 Å². The molecule has 0 atom stereocenters. The van der Waals surface area contributed by atoms with Gasteiger partial charge in [0.1, 0.15) is 5.75 Å². The summed E-state index contributed by atoms with van der Waals surface area (Å²) < 4.78 is 0. The molecule has 0 radical (unpaired) electrons. The average molecular weight is 362 g/mol. The van der Waals surface area contributed by atoms with Crippen LogP contribution in [0.1, 0.15) is 56.2 Å². The van der Waals surface area contributed by atoms with Crippen molar-refractivity contribution in [3.05, 3.63) is 76.9 Å². The molecule has 0 spiro atoms. The molecule has 1 aliphatic rings. The van der Waals surface area contributed by atoms with E-state index in [2.05, 4.69) is 26.0 Å². The summed E-state index contributed by atoms with van der Waals surface area (Å²) in [4.78, 5) is 10.7. The molecule has 2 N–H and O–H groups in total. The lowest BCUT2D eigenvalue weighted by atomic mass is 9.73. The van der Waals surface area contributed by atoms with Gasteiger partial charge in [0.2, 0.25) is 0 Å². The van der Waals surface area contributed by atoms with Gasteiger partial charge in [-0.3, -0.25) is 0 Å². The average Bonchev–Trinajstić information content (AvgIpc) is 2.64. The second-order valence-corrected chi connectivity index (χ2v) is 7.98. The number of carboxylic acids is 1. The quantitative estimate of drug-likeness (QED) is 0.667. The van der Waals surface area contributed by atoms with E-state index in [9.17, 15) is 9.90 Å². The van der Waals surface area contributed by atoms with E-state index in [1.54, 1.807) is 18.2 Å². The molecule has 2 aromatic rings. The topological polar surface area (TPSA) is 57.5 Å². The molecule has 140 valence electrons. The molecule has 0 aromatic heterocycles. The number of carboxylic acid groups (broad SMARTS) is 1. The van der Waals surface area contributed by atoms with Crippen LogP contribution in [0.2, 0.25) is 0 Å². The lowest BCUT2D eigenvalue weighted by Gasteiger charge is -2.32. The summed E-state index contributed by atoms with van der Waals surface area (Å²) in [5, 5.41) is 18.4. The summed E-state index contributed by atoms with van der Waals surface area (Å²) >= 11 is 0. The normalized spacial score (nSPS) is 16.4. The molecule has 3 nitrogen and oxygen atoms in total. The molecule has 3 heteroatoms. The highest BCUT2D eigenvalue weighted by atomic mass is 16.4. The molecular formula is C24H26O3. The maximum Gasteiger partial charge on any atom is 0.328 e. The number of aromatic hydroxyl groups is 1. The lowest BCUT2D eigenvalue weighted by Crippen LogP contribution is -2.17. The second-order valence-electron chi connectivity index (χ2n) is 7.98. The van der Waals surface area contributed by atoms with E-state index in [0.29, 0.717) is 5.41 Å². The van der Waals surface area contributed by atoms with Crippen LogP contribution in [0.3, 0.4) is 0 Å². The fraction of sp³-hybridized carbons (Fsp3) is 0.292. The van der Waals surface area contributed by atoms with Gasteiger partial charge in [-0.2, -0.15) is 0 Å². The van der Waals surface area contributed by atoms with Gasteiger partial charge in [-0.25, -0.2) is 4.79 Å². The van der Waals surface area contributed by atoms with Crippen LogP contribution in [-0.4, -0.2) is 16.2 Å². The highest BCUT2D eigenvalue weighted by molar-refractivity contribution is 5.86. The molecule has 0 saturated heterocycles. The highest BCUT2D eigenvalue weighted by Gasteiger charge is 2.25. The first-order valence-corrected chi connectivity index (χ1v) is 9.37. The second kappa shape index (κ2) is 7.83. The van der Waals surface area contributed by atoms with E-state index in [1.807, 2.05) is 24.3 Å². The highest BCUT2D eigenvalue weighted by Crippen LogP contribution is 2.42. The summed E-state index contributed by atoms with van der Waals surface area (Å²) in [5.41, 5.74) is 6.17. The first kappa shape index (κ1) is 19.0. The number of hydrogen-bond acceptors (Lipinski definition) is 2. The molecule has 0 heterocycles. The van der Waals surface area contributed by atoms with Gasteiger partial charge in [0, 0.05) is 6.08 Å². The van der Waals surface area contributed by atoms with Crippen LogP contribution in [0.4, 0.5) is 0 Å². The van der Waals surface area contributed by atoms with Crippen molar-refractivity contribution in [3.8, 4) is 5.75 Å². The van der Waals surface area contributed by atoms with Crippen LogP contribution in [0.5, 0.6) is 5.75 Å². The van der Waals surface area contributed by atoms with Crippen molar-refractivity contribution in [3.63, 3.8) is 0 Å². The van der Waals surface area contributed by atoms with E-state index in [-0.39, 0.29) is 5.75 Å². The van der Waals surface area contributed by atoms with Gasteiger partial charge < -0.3 is 10.2 Å². The van der Waals surface area contributed by atoms with Gasteiger partial charge in [-0.05, 0) is 71.6 Å². The molecule has 1 saturated carbocycles. The van der Waals surface area contributed by atoms with Crippen LogP contribution in [-0.2, 0) is 4.79 Å². The molecule has 3 rings (SSSR count). The van der Waals surface area contributed by atoms with Gasteiger partial charge in [0.25, 0.3) is 0 Å². The number of aliphatic carboxylic acids is 1. The Morgan fingerprint density at radius 1 is 0.926 bits per heavy atom. The summed E-state index contributed by atoms with van der Waals surface area (Å²) in [6.45, 7) is 4.65. The lowest BCUT2D eigenvalue weighted by molar-refractivity contribution is -0.131. The number of allylic oxidation sites excluding steroid dienone is 1. The number of rotatable bonds is 4. The minimum absolute atomic E-state index is 0.266. The molecule has 0 bridgehead atoms. The third-order valence-electron chi connectivity index (χ3n) is 5.33. The first-order valence-electron chi connectivity index (χ1n) is 9.37. The molecule has 0 unspecified atom stereocenters. The molecule has 27 heavy (non-hydrogen) atoms. The number of carbonyl (C=O) groups is 1. The largest absolute Gasteiger partial charge is 0.508 e. The van der Waals surface area contributed by atoms with E-state index in [0.717, 1.165) is 35.6 Å². The summed E-state index contributed by atoms with van der Waals surface area (Å²) in [7, 11) is 0. The predicted octanol–water partition coefficient (Wildman–Crippen LogP) is 5.89. The van der Waals surface area contributed by atoms with E-state index in [4.69, 9.17) is 5.11 Å². The maximum atomic E-state index is 10.7. The van der Waals surface area contributed by atoms with Crippen molar-refractivity contribution < 1.29 is 15.0 Å². The van der Waals surface area contributed by atoms with Crippen molar-refractivity contribution in [2.75, 3.05) is 0 Å². The van der Waals surface area contributed by atoms with Crippen LogP contribution in [0.25, 0.3) is 11.6 Å².